The van der Waals surface area contributed by atoms with Crippen molar-refractivity contribution in [2.45, 2.75) is 71.0 Å². The highest BCUT2D eigenvalue weighted by Crippen LogP contribution is 2.23. The van der Waals surface area contributed by atoms with Crippen LogP contribution in [0.3, 0.4) is 0 Å². The van der Waals surface area contributed by atoms with E-state index in [1.165, 1.54) is 38.5 Å². The summed E-state index contributed by atoms with van der Waals surface area (Å²) in [7, 11) is 0. The topological polar surface area (TPSA) is 0 Å². The molecule has 1 heteroatoms. The average molecular weight is 249 g/mol. The minimum absolute atomic E-state index is 0.520. The van der Waals surface area contributed by atoms with Crippen LogP contribution in [0, 0.1) is 5.41 Å². The van der Waals surface area contributed by atoms with Crippen LogP contribution in [0.25, 0.3) is 0 Å². The Hall–Kier alpha value is 0.480. The molecule has 0 fully saturated rings. The van der Waals surface area contributed by atoms with E-state index in [2.05, 4.69) is 43.6 Å². The Labute approximate surface area is 92.6 Å². The monoisotopic (exact) mass is 248 g/mol. The SMILES string of the molecule is CCCC(Br)CCCCC(C)(C)C. The number of alkyl halides is 1. The fourth-order valence-electron chi connectivity index (χ4n) is 1.48. The lowest BCUT2D eigenvalue weighted by Crippen LogP contribution is -2.05. The average Bonchev–Trinajstić information content (AvgIpc) is 1.97. The molecule has 0 nitrogen and oxygen atoms in total. The van der Waals surface area contributed by atoms with Gasteiger partial charge in [0.15, 0.2) is 0 Å². The van der Waals surface area contributed by atoms with E-state index in [4.69, 9.17) is 0 Å². The Balaban J connectivity index is 3.25. The molecule has 0 rings (SSSR count). The van der Waals surface area contributed by atoms with Crippen LogP contribution in [-0.4, -0.2) is 4.83 Å². The van der Waals surface area contributed by atoms with Gasteiger partial charge in [0.1, 0.15) is 0 Å². The zero-order valence-corrected chi connectivity index (χ0v) is 11.3. The molecule has 0 saturated heterocycles. The molecule has 0 amide bonds. The number of halogens is 1. The van der Waals surface area contributed by atoms with Crippen LogP contribution in [-0.2, 0) is 0 Å². The van der Waals surface area contributed by atoms with Crippen LogP contribution in [0.15, 0.2) is 0 Å². The maximum Gasteiger partial charge on any atom is 0.0145 e. The summed E-state index contributed by atoms with van der Waals surface area (Å²) in [5, 5.41) is 0. The van der Waals surface area contributed by atoms with Gasteiger partial charge in [0.2, 0.25) is 0 Å². The van der Waals surface area contributed by atoms with Gasteiger partial charge in [0, 0.05) is 4.83 Å². The van der Waals surface area contributed by atoms with Gasteiger partial charge in [-0.15, -0.1) is 0 Å². The molecule has 0 radical (unpaired) electrons. The highest BCUT2D eigenvalue weighted by atomic mass is 79.9. The van der Waals surface area contributed by atoms with E-state index in [-0.39, 0.29) is 0 Å². The van der Waals surface area contributed by atoms with Gasteiger partial charge in [-0.05, 0) is 24.7 Å². The van der Waals surface area contributed by atoms with Crippen molar-refractivity contribution in [3.8, 4) is 0 Å². The Morgan fingerprint density at radius 2 is 1.69 bits per heavy atom. The summed E-state index contributed by atoms with van der Waals surface area (Å²) < 4.78 is 0. The predicted octanol–water partition coefficient (Wildman–Crippen LogP) is 5.16. The third-order valence-corrected chi connectivity index (χ3v) is 3.21. The summed E-state index contributed by atoms with van der Waals surface area (Å²) in [6.07, 6.45) is 8.11. The summed E-state index contributed by atoms with van der Waals surface area (Å²) >= 11 is 3.72. The molecule has 1 unspecified atom stereocenters. The Morgan fingerprint density at radius 1 is 1.08 bits per heavy atom. The maximum atomic E-state index is 3.72. The molecule has 1 atom stereocenters. The molecule has 0 aromatic heterocycles. The van der Waals surface area contributed by atoms with Gasteiger partial charge in [0.05, 0.1) is 0 Å². The molecule has 13 heavy (non-hydrogen) atoms. The maximum absolute atomic E-state index is 3.72. The van der Waals surface area contributed by atoms with E-state index < -0.39 is 0 Å². The second kappa shape index (κ2) is 6.86. The van der Waals surface area contributed by atoms with E-state index >= 15 is 0 Å². The molecule has 0 spiro atoms. The number of hydrogen-bond donors (Lipinski definition) is 0. The van der Waals surface area contributed by atoms with Crippen molar-refractivity contribution >= 4 is 15.9 Å². The predicted molar refractivity (Wildman–Crippen MR) is 65.5 cm³/mol. The van der Waals surface area contributed by atoms with Crippen LogP contribution < -0.4 is 0 Å². The Morgan fingerprint density at radius 3 is 2.15 bits per heavy atom. The van der Waals surface area contributed by atoms with Crippen LogP contribution in [0.4, 0.5) is 0 Å². The Bertz CT molecular complexity index is 113. The highest BCUT2D eigenvalue weighted by molar-refractivity contribution is 9.09. The second-order valence-electron chi connectivity index (χ2n) is 5.19. The summed E-state index contributed by atoms with van der Waals surface area (Å²) in [6, 6.07) is 0. The van der Waals surface area contributed by atoms with Crippen LogP contribution >= 0.6 is 15.9 Å². The van der Waals surface area contributed by atoms with E-state index in [1.807, 2.05) is 0 Å². The van der Waals surface area contributed by atoms with E-state index in [9.17, 15) is 0 Å². The lowest BCUT2D eigenvalue weighted by atomic mass is 9.89. The van der Waals surface area contributed by atoms with Crippen molar-refractivity contribution in [3.63, 3.8) is 0 Å². The molecule has 0 aliphatic heterocycles. The van der Waals surface area contributed by atoms with Gasteiger partial charge in [-0.2, -0.15) is 0 Å². The van der Waals surface area contributed by atoms with E-state index in [1.54, 1.807) is 0 Å². The molecule has 80 valence electrons. The first-order valence-corrected chi connectivity index (χ1v) is 6.51. The fraction of sp³-hybridized carbons (Fsp3) is 1.00. The van der Waals surface area contributed by atoms with Gasteiger partial charge in [-0.1, -0.05) is 62.9 Å². The van der Waals surface area contributed by atoms with Gasteiger partial charge >= 0.3 is 0 Å². The van der Waals surface area contributed by atoms with Gasteiger partial charge in [0.25, 0.3) is 0 Å². The third kappa shape index (κ3) is 10.4. The molecular weight excluding hydrogens is 224 g/mol. The van der Waals surface area contributed by atoms with Gasteiger partial charge < -0.3 is 0 Å². The van der Waals surface area contributed by atoms with Crippen molar-refractivity contribution in [1.29, 1.82) is 0 Å². The molecule has 0 saturated carbocycles. The van der Waals surface area contributed by atoms with Crippen molar-refractivity contribution in [2.24, 2.45) is 5.41 Å². The van der Waals surface area contributed by atoms with Crippen molar-refractivity contribution in [2.75, 3.05) is 0 Å². The zero-order valence-electron chi connectivity index (χ0n) is 9.70. The van der Waals surface area contributed by atoms with E-state index in [0.717, 1.165) is 4.83 Å². The fourth-order valence-corrected chi connectivity index (χ4v) is 2.26. The summed E-state index contributed by atoms with van der Waals surface area (Å²) in [5.74, 6) is 0. The smallest absolute Gasteiger partial charge is 0.0145 e. The quantitative estimate of drug-likeness (QED) is 0.450. The summed E-state index contributed by atoms with van der Waals surface area (Å²) in [5.41, 5.74) is 0.520. The van der Waals surface area contributed by atoms with E-state index in [0.29, 0.717) is 5.41 Å². The lowest BCUT2D eigenvalue weighted by molar-refractivity contribution is 0.357. The first-order valence-electron chi connectivity index (χ1n) is 5.60. The van der Waals surface area contributed by atoms with Crippen LogP contribution in [0.5, 0.6) is 0 Å². The zero-order chi connectivity index (χ0) is 10.3. The van der Waals surface area contributed by atoms with Crippen molar-refractivity contribution in [1.82, 2.24) is 0 Å². The molecule has 0 heterocycles. The largest absolute Gasteiger partial charge is 0.0891 e. The van der Waals surface area contributed by atoms with Gasteiger partial charge in [-0.3, -0.25) is 0 Å². The molecular formula is C12H25Br. The van der Waals surface area contributed by atoms with Crippen molar-refractivity contribution < 1.29 is 0 Å². The number of hydrogen-bond acceptors (Lipinski definition) is 0. The molecule has 0 aliphatic rings. The number of rotatable bonds is 6. The number of unbranched alkanes of at least 4 members (excludes halogenated alkanes) is 1. The normalized spacial score (nSPS) is 14.5. The minimum Gasteiger partial charge on any atom is -0.0891 e. The molecule has 0 aliphatic carbocycles. The minimum atomic E-state index is 0.520. The molecule has 0 bridgehead atoms. The van der Waals surface area contributed by atoms with Crippen LogP contribution in [0.1, 0.15) is 66.2 Å². The Kier molecular flexibility index (Phi) is 7.12. The van der Waals surface area contributed by atoms with Gasteiger partial charge in [-0.25, -0.2) is 0 Å². The second-order valence-corrected chi connectivity index (χ2v) is 6.49. The first kappa shape index (κ1) is 13.5. The summed E-state index contributed by atoms with van der Waals surface area (Å²) in [4.78, 5) is 0.762. The molecule has 0 aromatic carbocycles. The highest BCUT2D eigenvalue weighted by Gasteiger charge is 2.09. The molecule has 0 N–H and O–H groups in total. The first-order chi connectivity index (χ1) is 5.95. The van der Waals surface area contributed by atoms with Crippen LogP contribution in [0.2, 0.25) is 0 Å². The third-order valence-electron chi connectivity index (χ3n) is 2.30. The van der Waals surface area contributed by atoms with Crippen molar-refractivity contribution in [3.05, 3.63) is 0 Å². The lowest BCUT2D eigenvalue weighted by Gasteiger charge is -2.18. The standard InChI is InChI=1S/C12H25Br/c1-5-8-11(13)9-6-7-10-12(2,3)4/h11H,5-10H2,1-4H3. The molecule has 0 aromatic rings. The summed E-state index contributed by atoms with van der Waals surface area (Å²) in [6.45, 7) is 9.23.